The average Bonchev–Trinajstić information content (AvgIpc) is 2.68. The summed E-state index contributed by atoms with van der Waals surface area (Å²) in [7, 11) is 0. The molecule has 1 heterocycles. The number of hydrogen-bond acceptors (Lipinski definition) is 2. The number of rotatable bonds is 3. The second-order valence-corrected chi connectivity index (χ2v) is 4.26. The minimum Gasteiger partial charge on any atom is -0.465 e. The quantitative estimate of drug-likeness (QED) is 0.842. The first kappa shape index (κ1) is 11.9. The lowest BCUT2D eigenvalue weighted by molar-refractivity contribution is 0.189. The van der Waals surface area contributed by atoms with E-state index in [0.29, 0.717) is 18.7 Å². The molecule has 1 atom stereocenters. The molecule has 0 aliphatic carbocycles. The number of hydrogen-bond donors (Lipinski definition) is 2. The van der Waals surface area contributed by atoms with E-state index in [0.717, 1.165) is 13.0 Å². The summed E-state index contributed by atoms with van der Waals surface area (Å²) in [4.78, 5) is 12.5. The van der Waals surface area contributed by atoms with Crippen molar-refractivity contribution >= 4 is 6.09 Å². The Morgan fingerprint density at radius 2 is 2.29 bits per heavy atom. The van der Waals surface area contributed by atoms with Gasteiger partial charge in [0.15, 0.2) is 0 Å². The molecular formula is C12H15FN2O2. The molecule has 0 unspecified atom stereocenters. The molecule has 17 heavy (non-hydrogen) atoms. The Morgan fingerprint density at radius 1 is 1.53 bits per heavy atom. The number of benzene rings is 1. The van der Waals surface area contributed by atoms with E-state index in [4.69, 9.17) is 5.11 Å². The molecule has 0 saturated carbocycles. The van der Waals surface area contributed by atoms with Gasteiger partial charge in [0.1, 0.15) is 5.82 Å². The number of nitrogens with one attached hydrogen (secondary N) is 1. The van der Waals surface area contributed by atoms with Crippen molar-refractivity contribution < 1.29 is 14.3 Å². The van der Waals surface area contributed by atoms with E-state index >= 15 is 0 Å². The SMILES string of the molecule is O=C(O)N[C@@H]1CCN(Cc2ccccc2F)C1. The highest BCUT2D eigenvalue weighted by Gasteiger charge is 2.24. The highest BCUT2D eigenvalue weighted by molar-refractivity contribution is 5.64. The van der Waals surface area contributed by atoms with E-state index < -0.39 is 6.09 Å². The van der Waals surface area contributed by atoms with Crippen LogP contribution in [0.15, 0.2) is 24.3 Å². The summed E-state index contributed by atoms with van der Waals surface area (Å²) in [6.07, 6.45) is -0.219. The van der Waals surface area contributed by atoms with Crippen molar-refractivity contribution in [1.29, 1.82) is 0 Å². The summed E-state index contributed by atoms with van der Waals surface area (Å²) in [5, 5.41) is 11.1. The molecule has 5 heteroatoms. The molecule has 1 aromatic carbocycles. The van der Waals surface area contributed by atoms with Gasteiger partial charge in [-0.05, 0) is 12.5 Å². The van der Waals surface area contributed by atoms with E-state index in [1.165, 1.54) is 6.07 Å². The third-order valence-electron chi connectivity index (χ3n) is 2.95. The number of nitrogens with zero attached hydrogens (tertiary/aromatic N) is 1. The lowest BCUT2D eigenvalue weighted by Gasteiger charge is -2.16. The second kappa shape index (κ2) is 5.14. The molecule has 1 aliphatic heterocycles. The van der Waals surface area contributed by atoms with Crippen LogP contribution in [0.2, 0.25) is 0 Å². The summed E-state index contributed by atoms with van der Waals surface area (Å²) in [5.74, 6) is -0.206. The van der Waals surface area contributed by atoms with E-state index in [-0.39, 0.29) is 11.9 Å². The maximum Gasteiger partial charge on any atom is 0.404 e. The van der Waals surface area contributed by atoms with Crippen molar-refractivity contribution in [2.24, 2.45) is 0 Å². The van der Waals surface area contributed by atoms with Crippen molar-refractivity contribution in [3.05, 3.63) is 35.6 Å². The Balaban J connectivity index is 1.90. The molecule has 0 radical (unpaired) electrons. The average molecular weight is 238 g/mol. The Kier molecular flexibility index (Phi) is 3.58. The Bertz CT molecular complexity index is 411. The number of carbonyl (C=O) groups is 1. The Hall–Kier alpha value is -1.62. The molecule has 1 aliphatic rings. The predicted molar refractivity (Wildman–Crippen MR) is 61.2 cm³/mol. The maximum absolute atomic E-state index is 13.4. The molecular weight excluding hydrogens is 223 g/mol. The van der Waals surface area contributed by atoms with Crippen LogP contribution in [-0.2, 0) is 6.54 Å². The van der Waals surface area contributed by atoms with E-state index in [1.807, 2.05) is 6.07 Å². The topological polar surface area (TPSA) is 52.6 Å². The van der Waals surface area contributed by atoms with Gasteiger partial charge in [-0.25, -0.2) is 9.18 Å². The molecule has 1 saturated heterocycles. The van der Waals surface area contributed by atoms with Crippen LogP contribution in [0.5, 0.6) is 0 Å². The van der Waals surface area contributed by atoms with Crippen molar-refractivity contribution in [2.75, 3.05) is 13.1 Å². The van der Waals surface area contributed by atoms with Gasteiger partial charge in [-0.2, -0.15) is 0 Å². The van der Waals surface area contributed by atoms with Gasteiger partial charge < -0.3 is 10.4 Å². The van der Waals surface area contributed by atoms with Crippen molar-refractivity contribution in [2.45, 2.75) is 19.0 Å². The zero-order valence-electron chi connectivity index (χ0n) is 9.40. The van der Waals surface area contributed by atoms with Gasteiger partial charge in [-0.1, -0.05) is 18.2 Å². The largest absolute Gasteiger partial charge is 0.465 e. The fourth-order valence-corrected chi connectivity index (χ4v) is 2.14. The fourth-order valence-electron chi connectivity index (χ4n) is 2.14. The molecule has 1 amide bonds. The molecule has 1 fully saturated rings. The van der Waals surface area contributed by atoms with E-state index in [2.05, 4.69) is 10.2 Å². The van der Waals surface area contributed by atoms with Crippen LogP contribution in [-0.4, -0.2) is 35.2 Å². The van der Waals surface area contributed by atoms with Crippen LogP contribution in [0, 0.1) is 5.82 Å². The number of amides is 1. The number of carboxylic acid groups (broad SMARTS) is 1. The normalized spacial score (nSPS) is 20.4. The van der Waals surface area contributed by atoms with Gasteiger partial charge in [-0.3, -0.25) is 4.90 Å². The fraction of sp³-hybridized carbons (Fsp3) is 0.417. The zero-order valence-corrected chi connectivity index (χ0v) is 9.40. The molecule has 4 nitrogen and oxygen atoms in total. The van der Waals surface area contributed by atoms with Gasteiger partial charge in [0.25, 0.3) is 0 Å². The first-order valence-corrected chi connectivity index (χ1v) is 5.60. The Morgan fingerprint density at radius 3 is 3.00 bits per heavy atom. The van der Waals surface area contributed by atoms with Gasteiger partial charge in [-0.15, -0.1) is 0 Å². The van der Waals surface area contributed by atoms with Crippen LogP contribution >= 0.6 is 0 Å². The third-order valence-corrected chi connectivity index (χ3v) is 2.95. The highest BCUT2D eigenvalue weighted by Crippen LogP contribution is 2.15. The summed E-state index contributed by atoms with van der Waals surface area (Å²) >= 11 is 0. The molecule has 0 bridgehead atoms. The van der Waals surface area contributed by atoms with Gasteiger partial charge in [0, 0.05) is 31.2 Å². The second-order valence-electron chi connectivity index (χ2n) is 4.26. The number of likely N-dealkylation sites (tertiary alicyclic amines) is 1. The standard InChI is InChI=1S/C12H15FN2O2/c13-11-4-2-1-3-9(11)7-15-6-5-10(8-15)14-12(16)17/h1-4,10,14H,5-8H2,(H,16,17)/t10-/m1/s1. The summed E-state index contributed by atoms with van der Waals surface area (Å²) in [6, 6.07) is 6.63. The lowest BCUT2D eigenvalue weighted by atomic mass is 10.2. The molecule has 0 spiro atoms. The van der Waals surface area contributed by atoms with Crippen LogP contribution < -0.4 is 5.32 Å². The van der Waals surface area contributed by atoms with Crippen LogP contribution in [0.4, 0.5) is 9.18 Å². The van der Waals surface area contributed by atoms with Crippen molar-refractivity contribution in [3.8, 4) is 0 Å². The van der Waals surface area contributed by atoms with Crippen molar-refractivity contribution in [1.82, 2.24) is 10.2 Å². The van der Waals surface area contributed by atoms with E-state index in [1.54, 1.807) is 12.1 Å². The third kappa shape index (κ3) is 3.17. The van der Waals surface area contributed by atoms with Crippen LogP contribution in [0.1, 0.15) is 12.0 Å². The summed E-state index contributed by atoms with van der Waals surface area (Å²) in [5.41, 5.74) is 0.656. The minimum atomic E-state index is -0.997. The summed E-state index contributed by atoms with van der Waals surface area (Å²) < 4.78 is 13.4. The highest BCUT2D eigenvalue weighted by atomic mass is 19.1. The first-order valence-electron chi connectivity index (χ1n) is 5.60. The molecule has 2 rings (SSSR count). The molecule has 92 valence electrons. The monoisotopic (exact) mass is 238 g/mol. The summed E-state index contributed by atoms with van der Waals surface area (Å²) in [6.45, 7) is 1.96. The zero-order chi connectivity index (χ0) is 12.3. The Labute approximate surface area is 99.0 Å². The van der Waals surface area contributed by atoms with E-state index in [9.17, 15) is 9.18 Å². The smallest absolute Gasteiger partial charge is 0.404 e. The predicted octanol–water partition coefficient (Wildman–Crippen LogP) is 1.67. The van der Waals surface area contributed by atoms with Gasteiger partial charge in [0.05, 0.1) is 0 Å². The van der Waals surface area contributed by atoms with Gasteiger partial charge in [0.2, 0.25) is 0 Å². The van der Waals surface area contributed by atoms with Crippen LogP contribution in [0.25, 0.3) is 0 Å². The van der Waals surface area contributed by atoms with Crippen molar-refractivity contribution in [3.63, 3.8) is 0 Å². The minimum absolute atomic E-state index is 0.0423. The van der Waals surface area contributed by atoms with Gasteiger partial charge >= 0.3 is 6.09 Å². The van der Waals surface area contributed by atoms with Crippen LogP contribution in [0.3, 0.4) is 0 Å². The molecule has 0 aromatic heterocycles. The lowest BCUT2D eigenvalue weighted by Crippen LogP contribution is -2.35. The molecule has 2 N–H and O–H groups in total. The number of halogens is 1. The maximum atomic E-state index is 13.4. The molecule has 1 aromatic rings. The first-order chi connectivity index (χ1) is 8.15.